The first-order valence-corrected chi connectivity index (χ1v) is 10.1. The fourth-order valence-electron chi connectivity index (χ4n) is 4.42. The number of pyridine rings is 1. The molecule has 2 fully saturated rings. The van der Waals surface area contributed by atoms with Crippen LogP contribution in [-0.4, -0.2) is 66.2 Å². The number of rotatable bonds is 4. The summed E-state index contributed by atoms with van der Waals surface area (Å²) in [5.41, 5.74) is 0.375. The fraction of sp³-hybridized carbons (Fsp3) is 0.450. The molecule has 0 aliphatic carbocycles. The summed E-state index contributed by atoms with van der Waals surface area (Å²) in [6, 6.07) is 1.51. The van der Waals surface area contributed by atoms with E-state index >= 15 is 0 Å². The Morgan fingerprint density at radius 1 is 1.23 bits per heavy atom. The summed E-state index contributed by atoms with van der Waals surface area (Å²) >= 11 is 0. The van der Waals surface area contributed by atoms with Gasteiger partial charge in [-0.25, -0.2) is 19.3 Å². The van der Waals surface area contributed by atoms with Crippen LogP contribution in [-0.2, 0) is 0 Å². The van der Waals surface area contributed by atoms with Crippen molar-refractivity contribution >= 4 is 5.82 Å². The van der Waals surface area contributed by atoms with E-state index in [1.54, 1.807) is 29.5 Å². The van der Waals surface area contributed by atoms with Gasteiger partial charge in [0, 0.05) is 43.8 Å². The topological polar surface area (TPSA) is 105 Å². The summed E-state index contributed by atoms with van der Waals surface area (Å²) in [5, 5.41) is 22.2. The van der Waals surface area contributed by atoms with Crippen molar-refractivity contribution in [1.29, 1.82) is 0 Å². The van der Waals surface area contributed by atoms with Crippen LogP contribution in [0.25, 0.3) is 17.2 Å². The summed E-state index contributed by atoms with van der Waals surface area (Å²) in [6.07, 6.45) is 10.8. The molecule has 0 radical (unpaired) electrons. The van der Waals surface area contributed by atoms with Gasteiger partial charge in [-0.3, -0.25) is 4.57 Å². The molecule has 2 N–H and O–H groups in total. The number of nitrogens with one attached hydrogen (secondary N) is 1. The van der Waals surface area contributed by atoms with Crippen LogP contribution in [0.1, 0.15) is 25.7 Å². The van der Waals surface area contributed by atoms with Gasteiger partial charge in [0.15, 0.2) is 11.6 Å². The van der Waals surface area contributed by atoms with Crippen LogP contribution in [0.4, 0.5) is 10.2 Å². The summed E-state index contributed by atoms with van der Waals surface area (Å²) in [5.74, 6) is 1.29. The van der Waals surface area contributed by atoms with Gasteiger partial charge in [0.1, 0.15) is 24.1 Å². The first kappa shape index (κ1) is 18.9. The molecule has 3 aromatic heterocycles. The second-order valence-corrected chi connectivity index (χ2v) is 7.93. The predicted molar refractivity (Wildman–Crippen MR) is 108 cm³/mol. The van der Waals surface area contributed by atoms with Crippen LogP contribution in [0.15, 0.2) is 37.2 Å². The lowest BCUT2D eigenvalue weighted by molar-refractivity contribution is 0.107. The quantitative estimate of drug-likeness (QED) is 0.672. The van der Waals surface area contributed by atoms with Gasteiger partial charge < -0.3 is 15.3 Å². The maximum absolute atomic E-state index is 15.0. The Hall–Kier alpha value is -3.14. The standard InChI is InChI=1S/C20H23FN8O/c1-28(15-7-12-3-2-4-14(25-12)19(15)21)18-10-24-20(27-26-18)13-9-23-17(8-16(13)30)29-6-5-22-11-29/h5-6,8-12,14-15,19,25H,2-4,7H2,1H3,(H,23,30)/t12-,14+,15-,19-/m1/s1. The Bertz CT molecular complexity index is 1010. The van der Waals surface area contributed by atoms with Crippen molar-refractivity contribution in [3.8, 4) is 23.0 Å². The summed E-state index contributed by atoms with van der Waals surface area (Å²) in [4.78, 5) is 14.5. The molecule has 0 unspecified atom stereocenters. The summed E-state index contributed by atoms with van der Waals surface area (Å²) in [6.45, 7) is 0. The van der Waals surface area contributed by atoms with Crippen molar-refractivity contribution in [2.75, 3.05) is 11.9 Å². The van der Waals surface area contributed by atoms with Crippen molar-refractivity contribution in [2.45, 2.75) is 50.0 Å². The number of anilines is 1. The van der Waals surface area contributed by atoms with E-state index in [2.05, 4.69) is 30.5 Å². The van der Waals surface area contributed by atoms with E-state index in [0.717, 1.165) is 25.7 Å². The van der Waals surface area contributed by atoms with E-state index in [1.165, 1.54) is 12.3 Å². The van der Waals surface area contributed by atoms with Crippen molar-refractivity contribution in [3.05, 3.63) is 37.2 Å². The lowest BCUT2D eigenvalue weighted by Gasteiger charge is -2.45. The molecule has 0 aromatic carbocycles. The molecule has 2 aliphatic heterocycles. The van der Waals surface area contributed by atoms with Crippen LogP contribution >= 0.6 is 0 Å². The van der Waals surface area contributed by atoms with Gasteiger partial charge >= 0.3 is 0 Å². The SMILES string of the molecule is CN(c1cnc(-c2cnc(-n3ccnc3)cc2O)nn1)[C@@H]1C[C@H]2CCC[C@H](N2)[C@H]1F. The van der Waals surface area contributed by atoms with Gasteiger partial charge in [0.2, 0.25) is 0 Å². The molecule has 30 heavy (non-hydrogen) atoms. The molecule has 0 amide bonds. The Balaban J connectivity index is 1.35. The van der Waals surface area contributed by atoms with Crippen molar-refractivity contribution < 1.29 is 9.50 Å². The minimum absolute atomic E-state index is 0.00777. The first-order valence-electron chi connectivity index (χ1n) is 10.1. The molecule has 2 aliphatic rings. The minimum atomic E-state index is -0.961. The summed E-state index contributed by atoms with van der Waals surface area (Å²) in [7, 11) is 1.84. The second-order valence-electron chi connectivity index (χ2n) is 7.93. The van der Waals surface area contributed by atoms with Gasteiger partial charge in [0.05, 0.1) is 17.8 Å². The molecule has 156 valence electrons. The number of fused-ring (bicyclic) bond motifs is 2. The average molecular weight is 410 g/mol. The van der Waals surface area contributed by atoms with Gasteiger partial charge in [0.25, 0.3) is 0 Å². The molecule has 5 heterocycles. The molecule has 2 saturated heterocycles. The highest BCUT2D eigenvalue weighted by molar-refractivity contribution is 5.63. The molecule has 4 atom stereocenters. The van der Waals surface area contributed by atoms with Gasteiger partial charge in [-0.15, -0.1) is 10.2 Å². The molecule has 10 heteroatoms. The Morgan fingerprint density at radius 3 is 2.87 bits per heavy atom. The number of aromatic nitrogens is 6. The van der Waals surface area contributed by atoms with E-state index in [4.69, 9.17) is 0 Å². The van der Waals surface area contributed by atoms with E-state index < -0.39 is 6.17 Å². The number of halogens is 1. The van der Waals surface area contributed by atoms with E-state index in [9.17, 15) is 9.50 Å². The monoisotopic (exact) mass is 410 g/mol. The van der Waals surface area contributed by atoms with Gasteiger partial charge in [-0.2, -0.15) is 0 Å². The highest BCUT2D eigenvalue weighted by atomic mass is 19.1. The molecule has 9 nitrogen and oxygen atoms in total. The molecule has 5 rings (SSSR count). The van der Waals surface area contributed by atoms with E-state index in [0.29, 0.717) is 23.2 Å². The molecule has 0 saturated carbocycles. The highest BCUT2D eigenvalue weighted by Gasteiger charge is 2.42. The molecule has 0 spiro atoms. The number of hydrogen-bond acceptors (Lipinski definition) is 8. The normalized spacial score (nSPS) is 25.8. The number of hydrogen-bond donors (Lipinski definition) is 2. The minimum Gasteiger partial charge on any atom is -0.507 e. The maximum atomic E-state index is 15.0. The van der Waals surface area contributed by atoms with Crippen molar-refractivity contribution in [2.24, 2.45) is 0 Å². The first-order chi connectivity index (χ1) is 14.6. The second kappa shape index (κ2) is 7.60. The molecular formula is C20H23FN8O. The number of imidazole rings is 1. The Morgan fingerprint density at radius 2 is 2.13 bits per heavy atom. The third-order valence-corrected chi connectivity index (χ3v) is 6.08. The highest BCUT2D eigenvalue weighted by Crippen LogP contribution is 2.32. The zero-order valence-corrected chi connectivity index (χ0v) is 16.6. The fourth-order valence-corrected chi connectivity index (χ4v) is 4.42. The number of nitrogens with zero attached hydrogens (tertiary/aromatic N) is 7. The van der Waals surface area contributed by atoms with Crippen molar-refractivity contribution in [1.82, 2.24) is 35.0 Å². The lowest BCUT2D eigenvalue weighted by Crippen LogP contribution is -2.61. The molecule has 3 aromatic rings. The molecular weight excluding hydrogens is 387 g/mol. The smallest absolute Gasteiger partial charge is 0.187 e. The zero-order chi connectivity index (χ0) is 20.7. The largest absolute Gasteiger partial charge is 0.507 e. The van der Waals surface area contributed by atoms with Crippen LogP contribution in [0.3, 0.4) is 0 Å². The zero-order valence-electron chi connectivity index (χ0n) is 16.6. The van der Waals surface area contributed by atoms with E-state index in [1.807, 2.05) is 11.9 Å². The van der Waals surface area contributed by atoms with Gasteiger partial charge in [-0.1, -0.05) is 6.42 Å². The number of alkyl halides is 1. The third kappa shape index (κ3) is 3.36. The summed E-state index contributed by atoms with van der Waals surface area (Å²) < 4.78 is 16.7. The Labute approximate surface area is 173 Å². The van der Waals surface area contributed by atoms with Crippen LogP contribution in [0, 0.1) is 0 Å². The third-order valence-electron chi connectivity index (χ3n) is 6.08. The van der Waals surface area contributed by atoms with Crippen LogP contribution in [0.5, 0.6) is 5.75 Å². The Kier molecular flexibility index (Phi) is 4.78. The van der Waals surface area contributed by atoms with Crippen molar-refractivity contribution in [3.63, 3.8) is 0 Å². The molecule has 2 bridgehead atoms. The number of aromatic hydroxyl groups is 1. The predicted octanol–water partition coefficient (Wildman–Crippen LogP) is 1.88. The lowest BCUT2D eigenvalue weighted by atomic mass is 9.82. The maximum Gasteiger partial charge on any atom is 0.187 e. The van der Waals surface area contributed by atoms with Crippen LogP contribution in [0.2, 0.25) is 0 Å². The van der Waals surface area contributed by atoms with Crippen LogP contribution < -0.4 is 10.2 Å². The average Bonchev–Trinajstić information content (AvgIpc) is 3.31. The number of piperidine rings is 2. The van der Waals surface area contributed by atoms with E-state index in [-0.39, 0.29) is 23.7 Å². The van der Waals surface area contributed by atoms with Gasteiger partial charge in [-0.05, 0) is 19.3 Å².